The van der Waals surface area contributed by atoms with Gasteiger partial charge in [-0.2, -0.15) is 24.9 Å². The Morgan fingerprint density at radius 3 is 2.56 bits per heavy atom. The summed E-state index contributed by atoms with van der Waals surface area (Å²) in [5.74, 6) is -1.17. The number of nitrogens with one attached hydrogen (secondary N) is 1. The van der Waals surface area contributed by atoms with Crippen molar-refractivity contribution >= 4 is 11.8 Å². The summed E-state index contributed by atoms with van der Waals surface area (Å²) >= 11 is 1.54. The van der Waals surface area contributed by atoms with Crippen LogP contribution in [0.5, 0.6) is 0 Å². The molecule has 0 aromatic heterocycles. The number of alkyl halides is 3. The molecule has 0 saturated heterocycles. The van der Waals surface area contributed by atoms with Crippen molar-refractivity contribution in [1.82, 2.24) is 5.32 Å². The fourth-order valence-corrected chi connectivity index (χ4v) is 3.19. The first-order chi connectivity index (χ1) is 8.38. The molecule has 2 N–H and O–H groups in total. The molecule has 0 aromatic rings. The molecule has 0 spiro atoms. The zero-order valence-corrected chi connectivity index (χ0v) is 11.7. The maximum absolute atomic E-state index is 12.7. The molecule has 0 aromatic carbocycles. The number of hydrogen-bond donors (Lipinski definition) is 2. The molecule has 0 radical (unpaired) electrons. The minimum atomic E-state index is -4.07. The summed E-state index contributed by atoms with van der Waals surface area (Å²) in [7, 11) is 0. The molecule has 2 nitrogen and oxygen atoms in total. The van der Waals surface area contributed by atoms with Crippen LogP contribution in [0, 0.1) is 5.92 Å². The first-order valence-electron chi connectivity index (χ1n) is 6.35. The Morgan fingerprint density at radius 1 is 1.39 bits per heavy atom. The van der Waals surface area contributed by atoms with Crippen LogP contribution in [0.4, 0.5) is 13.2 Å². The summed E-state index contributed by atoms with van der Waals surface area (Å²) in [5, 5.41) is 12.4. The van der Waals surface area contributed by atoms with Gasteiger partial charge in [-0.1, -0.05) is 6.42 Å². The summed E-state index contributed by atoms with van der Waals surface area (Å²) in [6.45, 7) is 1.97. The lowest BCUT2D eigenvalue weighted by atomic mass is 9.85. The quantitative estimate of drug-likeness (QED) is 0.814. The monoisotopic (exact) mass is 285 g/mol. The van der Waals surface area contributed by atoms with Crippen LogP contribution in [-0.4, -0.2) is 41.5 Å². The van der Waals surface area contributed by atoms with Gasteiger partial charge in [0, 0.05) is 17.3 Å². The summed E-state index contributed by atoms with van der Waals surface area (Å²) in [4.78, 5) is 0. The minimum Gasteiger partial charge on any atom is -0.395 e. The lowest BCUT2D eigenvalue weighted by molar-refractivity contribution is -0.183. The van der Waals surface area contributed by atoms with Crippen LogP contribution in [0.1, 0.15) is 32.6 Å². The molecule has 1 aliphatic rings. The van der Waals surface area contributed by atoms with Crippen LogP contribution >= 0.6 is 11.8 Å². The van der Waals surface area contributed by atoms with E-state index in [9.17, 15) is 13.2 Å². The molecule has 4 atom stereocenters. The zero-order valence-electron chi connectivity index (χ0n) is 10.8. The van der Waals surface area contributed by atoms with E-state index in [-0.39, 0.29) is 36.8 Å². The van der Waals surface area contributed by atoms with Gasteiger partial charge in [-0.25, -0.2) is 0 Å². The smallest absolute Gasteiger partial charge is 0.391 e. The number of rotatable bonds is 5. The lowest BCUT2D eigenvalue weighted by Crippen LogP contribution is -2.47. The number of thioether (sulfide) groups is 1. The highest BCUT2D eigenvalue weighted by Crippen LogP contribution is 2.37. The number of halogens is 3. The van der Waals surface area contributed by atoms with Gasteiger partial charge in [0.25, 0.3) is 0 Å². The summed E-state index contributed by atoms with van der Waals surface area (Å²) < 4.78 is 38.0. The normalized spacial score (nSPS) is 29.0. The van der Waals surface area contributed by atoms with Gasteiger partial charge in [0.05, 0.1) is 12.5 Å². The van der Waals surface area contributed by atoms with E-state index in [4.69, 9.17) is 5.11 Å². The third-order valence-electron chi connectivity index (χ3n) is 3.68. The van der Waals surface area contributed by atoms with E-state index in [0.29, 0.717) is 6.42 Å². The highest BCUT2D eigenvalue weighted by atomic mass is 32.2. The van der Waals surface area contributed by atoms with Gasteiger partial charge < -0.3 is 10.4 Å². The average molecular weight is 285 g/mol. The van der Waals surface area contributed by atoms with Crippen LogP contribution in [0.25, 0.3) is 0 Å². The number of aliphatic hydroxyl groups is 1. The first-order valence-corrected chi connectivity index (χ1v) is 7.63. The van der Waals surface area contributed by atoms with Crippen LogP contribution in [0.3, 0.4) is 0 Å². The zero-order chi connectivity index (χ0) is 13.8. The molecule has 6 heteroatoms. The van der Waals surface area contributed by atoms with Crippen molar-refractivity contribution < 1.29 is 18.3 Å². The number of aliphatic hydroxyl groups excluding tert-OH is 1. The average Bonchev–Trinajstić information content (AvgIpc) is 2.29. The maximum Gasteiger partial charge on any atom is 0.391 e. The fraction of sp³-hybridized carbons (Fsp3) is 1.00. The van der Waals surface area contributed by atoms with Crippen molar-refractivity contribution in [3.8, 4) is 0 Å². The molecule has 0 amide bonds. The number of hydrogen-bond acceptors (Lipinski definition) is 3. The second-order valence-electron chi connectivity index (χ2n) is 5.01. The molecule has 18 heavy (non-hydrogen) atoms. The van der Waals surface area contributed by atoms with Gasteiger partial charge in [-0.05, 0) is 32.4 Å². The molecule has 1 saturated carbocycles. The van der Waals surface area contributed by atoms with Crippen molar-refractivity contribution in [2.45, 2.75) is 56.1 Å². The SMILES string of the molecule is CS[C@H](CO)[C@H](C)N[C@H]1CCC[C@H](C(F)(F)F)C1. The molecule has 0 unspecified atom stereocenters. The molecule has 1 rings (SSSR count). The molecule has 1 fully saturated rings. The highest BCUT2D eigenvalue weighted by Gasteiger charge is 2.42. The Bertz CT molecular complexity index is 246. The van der Waals surface area contributed by atoms with Crippen molar-refractivity contribution in [3.63, 3.8) is 0 Å². The largest absolute Gasteiger partial charge is 0.395 e. The van der Waals surface area contributed by atoms with Crippen molar-refractivity contribution in [1.29, 1.82) is 0 Å². The van der Waals surface area contributed by atoms with Crippen molar-refractivity contribution in [2.24, 2.45) is 5.92 Å². The molecule has 0 heterocycles. The van der Waals surface area contributed by atoms with E-state index in [1.165, 1.54) is 11.8 Å². The lowest BCUT2D eigenvalue weighted by Gasteiger charge is -2.34. The summed E-state index contributed by atoms with van der Waals surface area (Å²) in [6.07, 6.45) is -0.332. The molecule has 1 aliphatic carbocycles. The van der Waals surface area contributed by atoms with Gasteiger partial charge >= 0.3 is 6.18 Å². The third-order valence-corrected chi connectivity index (χ3v) is 4.84. The van der Waals surface area contributed by atoms with Crippen LogP contribution in [-0.2, 0) is 0 Å². The van der Waals surface area contributed by atoms with Gasteiger partial charge in [0.1, 0.15) is 0 Å². The van der Waals surface area contributed by atoms with Crippen LogP contribution in [0.2, 0.25) is 0 Å². The van der Waals surface area contributed by atoms with E-state index in [1.54, 1.807) is 0 Å². The Balaban J connectivity index is 2.47. The Labute approximate surface area is 111 Å². The first kappa shape index (κ1) is 16.1. The Hall–Kier alpha value is 0.0600. The predicted octanol–water partition coefficient (Wildman–Crippen LogP) is 2.81. The van der Waals surface area contributed by atoms with Gasteiger partial charge in [0.15, 0.2) is 0 Å². The summed E-state index contributed by atoms with van der Waals surface area (Å²) in [6, 6.07) is -0.0523. The van der Waals surface area contributed by atoms with Gasteiger partial charge in [-0.15, -0.1) is 0 Å². The van der Waals surface area contributed by atoms with E-state index >= 15 is 0 Å². The van der Waals surface area contributed by atoms with E-state index in [1.807, 2.05) is 13.2 Å². The molecular weight excluding hydrogens is 263 g/mol. The van der Waals surface area contributed by atoms with Crippen molar-refractivity contribution in [2.75, 3.05) is 12.9 Å². The second kappa shape index (κ2) is 7.01. The van der Waals surface area contributed by atoms with E-state index in [2.05, 4.69) is 5.32 Å². The molecule has 0 aliphatic heterocycles. The topological polar surface area (TPSA) is 32.3 Å². The third kappa shape index (κ3) is 4.63. The van der Waals surface area contributed by atoms with Crippen LogP contribution in [0.15, 0.2) is 0 Å². The van der Waals surface area contributed by atoms with Gasteiger partial charge in [0.2, 0.25) is 0 Å². The Kier molecular flexibility index (Phi) is 6.27. The standard InChI is InChI=1S/C12H22F3NOS/c1-8(11(7-17)18-2)16-10-5-3-4-9(6-10)12(13,14)15/h8-11,16-17H,3-7H2,1-2H3/t8-,9-,10-,11+/m0/s1. The van der Waals surface area contributed by atoms with Crippen molar-refractivity contribution in [3.05, 3.63) is 0 Å². The predicted molar refractivity (Wildman–Crippen MR) is 68.8 cm³/mol. The second-order valence-corrected chi connectivity index (χ2v) is 6.09. The van der Waals surface area contributed by atoms with Gasteiger partial charge in [-0.3, -0.25) is 0 Å². The Morgan fingerprint density at radius 2 is 2.06 bits per heavy atom. The highest BCUT2D eigenvalue weighted by molar-refractivity contribution is 7.99. The molecule has 108 valence electrons. The fourth-order valence-electron chi connectivity index (χ4n) is 2.55. The molecular formula is C12H22F3NOS. The maximum atomic E-state index is 12.7. The van der Waals surface area contributed by atoms with Crippen LogP contribution < -0.4 is 5.32 Å². The van der Waals surface area contributed by atoms with E-state index < -0.39 is 12.1 Å². The summed E-state index contributed by atoms with van der Waals surface area (Å²) in [5.41, 5.74) is 0. The van der Waals surface area contributed by atoms with E-state index in [0.717, 1.165) is 6.42 Å². The minimum absolute atomic E-state index is 0.0296. The molecule has 0 bridgehead atoms.